The van der Waals surface area contributed by atoms with Gasteiger partial charge in [-0.05, 0) is 68.8 Å². The highest BCUT2D eigenvalue weighted by molar-refractivity contribution is 9.10. The summed E-state index contributed by atoms with van der Waals surface area (Å²) in [4.78, 5) is 32.8. The normalized spacial score (nSPS) is 14.9. The van der Waals surface area contributed by atoms with Gasteiger partial charge in [0.2, 0.25) is 0 Å². The van der Waals surface area contributed by atoms with Crippen LogP contribution in [-0.4, -0.2) is 23.8 Å². The van der Waals surface area contributed by atoms with E-state index in [4.69, 9.17) is 19.2 Å². The number of benzene rings is 3. The first kappa shape index (κ1) is 30.0. The monoisotopic (exact) mass is 710 g/mol. The van der Waals surface area contributed by atoms with Crippen LogP contribution in [0.4, 0.5) is 0 Å². The van der Waals surface area contributed by atoms with E-state index in [0.717, 1.165) is 20.1 Å². The van der Waals surface area contributed by atoms with Gasteiger partial charge in [-0.2, -0.15) is 0 Å². The van der Waals surface area contributed by atoms with E-state index in [1.807, 2.05) is 60.7 Å². The van der Waals surface area contributed by atoms with Gasteiger partial charge in [0.1, 0.15) is 24.1 Å². The summed E-state index contributed by atoms with van der Waals surface area (Å²) in [6, 6.07) is 20.2. The summed E-state index contributed by atoms with van der Waals surface area (Å²) in [5.74, 6) is 0.637. The molecule has 0 saturated heterocycles. The number of halogens is 2. The third-order valence-corrected chi connectivity index (χ3v) is 8.54. The van der Waals surface area contributed by atoms with E-state index in [9.17, 15) is 9.59 Å². The molecule has 0 amide bonds. The fraction of sp³-hybridized carbons (Fsp3) is 0.219. The van der Waals surface area contributed by atoms with Crippen LogP contribution in [0, 0.1) is 0 Å². The number of allylic oxidation sites excluding steroid dienone is 1. The summed E-state index contributed by atoms with van der Waals surface area (Å²) < 4.78 is 21.1. The molecule has 0 unspecified atom stereocenters. The highest BCUT2D eigenvalue weighted by Crippen LogP contribution is 2.37. The highest BCUT2D eigenvalue weighted by Gasteiger charge is 2.35. The van der Waals surface area contributed by atoms with Crippen LogP contribution in [0.5, 0.6) is 11.5 Å². The van der Waals surface area contributed by atoms with Gasteiger partial charge < -0.3 is 14.2 Å². The summed E-state index contributed by atoms with van der Waals surface area (Å²) in [7, 11) is 1.56. The second kappa shape index (κ2) is 12.8. The van der Waals surface area contributed by atoms with Gasteiger partial charge in [-0.15, -0.1) is 0 Å². The van der Waals surface area contributed by atoms with Crippen LogP contribution in [0.3, 0.4) is 0 Å². The van der Waals surface area contributed by atoms with Crippen LogP contribution in [0.1, 0.15) is 43.5 Å². The highest BCUT2D eigenvalue weighted by atomic mass is 79.9. The molecule has 7 nitrogen and oxygen atoms in total. The van der Waals surface area contributed by atoms with Crippen LogP contribution < -0.4 is 24.4 Å². The number of carbonyl (C=O) groups excluding carboxylic acids is 1. The van der Waals surface area contributed by atoms with Gasteiger partial charge in [-0.1, -0.05) is 73.5 Å². The SMILES string of the molecule is COc1ccc(Br)cc1[C@@H]1C(C(=O)OC(C)C)=C(C)N=c2s/c(=C\c3cc(Br)ccc3OCc3ccccc3)c(=O)n21. The summed E-state index contributed by atoms with van der Waals surface area (Å²) in [5.41, 5.74) is 2.88. The largest absolute Gasteiger partial charge is 0.496 e. The first-order valence-electron chi connectivity index (χ1n) is 13.2. The number of carbonyl (C=O) groups is 1. The Morgan fingerprint density at radius 3 is 2.43 bits per heavy atom. The molecular formula is C32H28Br2N2O5S. The zero-order chi connectivity index (χ0) is 30.0. The van der Waals surface area contributed by atoms with E-state index in [-0.39, 0.29) is 17.2 Å². The Balaban J connectivity index is 1.67. The molecule has 1 atom stereocenters. The zero-order valence-corrected chi connectivity index (χ0v) is 27.4. The van der Waals surface area contributed by atoms with Gasteiger partial charge in [0.15, 0.2) is 4.80 Å². The molecule has 3 aromatic carbocycles. The molecule has 0 aliphatic carbocycles. The second-order valence-electron chi connectivity index (χ2n) is 9.88. The lowest BCUT2D eigenvalue weighted by atomic mass is 9.95. The standard InChI is InChI=1S/C32H28Br2N2O5S/c1-18(2)41-31(38)28-19(3)35-32-36(29(28)24-16-23(34)11-13-26(24)39-4)30(37)27(42-32)15-21-14-22(33)10-12-25(21)40-17-20-8-6-5-7-9-20/h5-16,18,29H,17H2,1-4H3/b27-15-/t29-/m1/s1. The molecule has 0 N–H and O–H groups in total. The minimum atomic E-state index is -0.807. The summed E-state index contributed by atoms with van der Waals surface area (Å²) in [6.07, 6.45) is 1.45. The van der Waals surface area contributed by atoms with Crippen molar-refractivity contribution in [1.29, 1.82) is 0 Å². The van der Waals surface area contributed by atoms with Crippen molar-refractivity contribution in [2.75, 3.05) is 7.11 Å². The minimum Gasteiger partial charge on any atom is -0.496 e. The van der Waals surface area contributed by atoms with Crippen molar-refractivity contribution in [3.8, 4) is 11.5 Å². The molecule has 42 heavy (non-hydrogen) atoms. The smallest absolute Gasteiger partial charge is 0.338 e. The van der Waals surface area contributed by atoms with Crippen LogP contribution in [0.15, 0.2) is 96.7 Å². The third-order valence-electron chi connectivity index (χ3n) is 6.57. The number of thiazole rings is 1. The van der Waals surface area contributed by atoms with E-state index >= 15 is 0 Å². The molecule has 0 saturated carbocycles. The number of rotatable bonds is 8. The maximum absolute atomic E-state index is 14.2. The average molecular weight is 712 g/mol. The Labute approximate surface area is 264 Å². The van der Waals surface area contributed by atoms with E-state index in [0.29, 0.717) is 38.7 Å². The molecule has 1 aliphatic heterocycles. The topological polar surface area (TPSA) is 79.1 Å². The van der Waals surface area contributed by atoms with E-state index < -0.39 is 12.0 Å². The molecule has 4 aromatic rings. The maximum Gasteiger partial charge on any atom is 0.338 e. The molecule has 0 radical (unpaired) electrons. The predicted molar refractivity (Wildman–Crippen MR) is 171 cm³/mol. The quantitative estimate of drug-likeness (QED) is 0.201. The average Bonchev–Trinajstić information content (AvgIpc) is 3.25. The number of hydrogen-bond donors (Lipinski definition) is 0. The first-order valence-corrected chi connectivity index (χ1v) is 15.6. The van der Waals surface area contributed by atoms with Crippen molar-refractivity contribution in [3.63, 3.8) is 0 Å². The molecule has 10 heteroatoms. The lowest BCUT2D eigenvalue weighted by molar-refractivity contribution is -0.143. The Bertz CT molecular complexity index is 1860. The first-order chi connectivity index (χ1) is 20.2. The maximum atomic E-state index is 14.2. The third kappa shape index (κ3) is 6.30. The Hall–Kier alpha value is -3.47. The molecule has 5 rings (SSSR count). The van der Waals surface area contributed by atoms with Crippen molar-refractivity contribution in [3.05, 3.63) is 123 Å². The minimum absolute atomic E-state index is 0.286. The molecule has 0 spiro atoms. The number of hydrogen-bond acceptors (Lipinski definition) is 7. The molecule has 0 fully saturated rings. The number of ether oxygens (including phenoxy) is 3. The number of esters is 1. The van der Waals surface area contributed by atoms with Gasteiger partial charge >= 0.3 is 5.97 Å². The van der Waals surface area contributed by atoms with E-state index in [1.54, 1.807) is 44.6 Å². The number of fused-ring (bicyclic) bond motifs is 1. The molecule has 0 bridgehead atoms. The Morgan fingerprint density at radius 1 is 1.05 bits per heavy atom. The number of methoxy groups -OCH3 is 1. The molecular weight excluding hydrogens is 684 g/mol. The molecule has 216 valence electrons. The van der Waals surface area contributed by atoms with Crippen LogP contribution in [-0.2, 0) is 16.1 Å². The van der Waals surface area contributed by atoms with Crippen LogP contribution >= 0.6 is 43.2 Å². The van der Waals surface area contributed by atoms with E-state index in [2.05, 4.69) is 31.9 Å². The summed E-state index contributed by atoms with van der Waals surface area (Å²) in [6.45, 7) is 5.71. The van der Waals surface area contributed by atoms with Gasteiger partial charge in [0, 0.05) is 20.1 Å². The van der Waals surface area contributed by atoms with Gasteiger partial charge in [-0.25, -0.2) is 9.79 Å². The molecule has 1 aromatic heterocycles. The number of nitrogens with zero attached hydrogens (tertiary/aromatic N) is 2. The molecule has 1 aliphatic rings. The summed E-state index contributed by atoms with van der Waals surface area (Å²) >= 11 is 8.33. The van der Waals surface area contributed by atoms with E-state index in [1.165, 1.54) is 11.3 Å². The van der Waals surface area contributed by atoms with Crippen molar-refractivity contribution >= 4 is 55.2 Å². The predicted octanol–water partition coefficient (Wildman–Crippen LogP) is 6.30. The van der Waals surface area contributed by atoms with Crippen molar-refractivity contribution in [2.24, 2.45) is 4.99 Å². The van der Waals surface area contributed by atoms with Crippen molar-refractivity contribution in [2.45, 2.75) is 39.5 Å². The van der Waals surface area contributed by atoms with Gasteiger partial charge in [-0.3, -0.25) is 9.36 Å². The lowest BCUT2D eigenvalue weighted by Crippen LogP contribution is -2.40. The Morgan fingerprint density at radius 2 is 1.74 bits per heavy atom. The fourth-order valence-electron chi connectivity index (χ4n) is 4.71. The number of aromatic nitrogens is 1. The fourth-order valence-corrected chi connectivity index (χ4v) is 6.51. The Kier molecular flexibility index (Phi) is 9.15. The summed E-state index contributed by atoms with van der Waals surface area (Å²) in [5, 5.41) is 0. The van der Waals surface area contributed by atoms with Crippen LogP contribution in [0.25, 0.3) is 6.08 Å². The lowest BCUT2D eigenvalue weighted by Gasteiger charge is -2.26. The van der Waals surface area contributed by atoms with Crippen molar-refractivity contribution < 1.29 is 19.0 Å². The zero-order valence-electron chi connectivity index (χ0n) is 23.4. The van der Waals surface area contributed by atoms with Gasteiger partial charge in [0.25, 0.3) is 5.56 Å². The van der Waals surface area contributed by atoms with Gasteiger partial charge in [0.05, 0.1) is 29.0 Å². The second-order valence-corrected chi connectivity index (χ2v) is 12.7. The van der Waals surface area contributed by atoms with Crippen molar-refractivity contribution in [1.82, 2.24) is 4.57 Å². The van der Waals surface area contributed by atoms with Crippen LogP contribution in [0.2, 0.25) is 0 Å². The molecule has 2 heterocycles.